The minimum atomic E-state index is -2.65. The monoisotopic (exact) mass is 1340 g/mol. The summed E-state index contributed by atoms with van der Waals surface area (Å²) in [6.45, 7) is 33.4. The van der Waals surface area contributed by atoms with Crippen molar-refractivity contribution in [1.82, 2.24) is 63.4 Å². The van der Waals surface area contributed by atoms with Gasteiger partial charge in [0.1, 0.15) is 16.4 Å². The van der Waals surface area contributed by atoms with Gasteiger partial charge in [0, 0.05) is 141 Å². The molecular formula is C61H126N14O8S5. The van der Waals surface area contributed by atoms with Gasteiger partial charge in [-0.3, -0.25) is 14.8 Å². The molecule has 0 aromatic rings. The van der Waals surface area contributed by atoms with Crippen molar-refractivity contribution in [2.45, 2.75) is 103 Å². The highest BCUT2D eigenvalue weighted by Gasteiger charge is 2.16. The van der Waals surface area contributed by atoms with Crippen LogP contribution in [0.25, 0.3) is 0 Å². The first-order valence-electron chi connectivity index (χ1n) is 33.4. The number of allylic oxidation sites excluding steroid dienone is 1. The second kappa shape index (κ2) is 66.8. The zero-order valence-electron chi connectivity index (χ0n) is 54.6. The molecule has 518 valence electrons. The lowest BCUT2D eigenvalue weighted by Crippen LogP contribution is -2.40. The zero-order valence-corrected chi connectivity index (χ0v) is 58.7. The number of sulfone groups is 2. The number of carbonyl (C=O) groups is 1. The Bertz CT molecular complexity index is 1580. The number of hydrogen-bond donors (Lipinski definition) is 11. The van der Waals surface area contributed by atoms with E-state index in [-0.39, 0.29) is 5.91 Å². The van der Waals surface area contributed by atoms with E-state index < -0.39 is 19.7 Å². The molecule has 15 aliphatic heterocycles. The molecule has 11 N–H and O–H groups in total. The topological polar surface area (TPSA) is 273 Å². The van der Waals surface area contributed by atoms with E-state index in [9.17, 15) is 21.6 Å². The van der Waals surface area contributed by atoms with Crippen LogP contribution < -0.4 is 58.5 Å². The molecule has 15 heterocycles. The van der Waals surface area contributed by atoms with Gasteiger partial charge in [-0.2, -0.15) is 11.8 Å². The summed E-state index contributed by atoms with van der Waals surface area (Å²) in [7, 11) is -3.04. The summed E-state index contributed by atoms with van der Waals surface area (Å²) in [5.74, 6) is 8.06. The fourth-order valence-electron chi connectivity index (χ4n) is 8.46. The van der Waals surface area contributed by atoms with Crippen molar-refractivity contribution in [1.29, 1.82) is 0 Å². The number of piperidine rings is 2. The molecule has 0 aromatic carbocycles. The smallest absolute Gasteiger partial charge is 0.220 e. The molecule has 12 saturated heterocycles. The number of morpholine rings is 1. The molecule has 88 heavy (non-hydrogen) atoms. The maximum Gasteiger partial charge on any atom is 0.220 e. The molecule has 0 saturated carbocycles. The Morgan fingerprint density at radius 3 is 1.17 bits per heavy atom. The molecule has 0 bridgehead atoms. The number of rotatable bonds is 0. The van der Waals surface area contributed by atoms with Crippen LogP contribution in [0.4, 0.5) is 0 Å². The fraction of sp³-hybridized carbons (Fsp3) is 0.885. The van der Waals surface area contributed by atoms with Gasteiger partial charge in [-0.15, -0.1) is 23.5 Å². The first-order chi connectivity index (χ1) is 43.1. The van der Waals surface area contributed by atoms with Crippen LogP contribution in [0.1, 0.15) is 103 Å². The zero-order chi connectivity index (χ0) is 63.5. The molecule has 0 spiro atoms. The normalized spacial score (nSPS) is 23.7. The molecule has 15 aliphatic rings. The highest BCUT2D eigenvalue weighted by Crippen LogP contribution is 2.27. The molecule has 27 heteroatoms. The van der Waals surface area contributed by atoms with Crippen molar-refractivity contribution in [3.05, 3.63) is 23.6 Å². The van der Waals surface area contributed by atoms with Crippen LogP contribution in [0.5, 0.6) is 0 Å². The quantitative estimate of drug-likeness (QED) is 0.155. The Balaban J connectivity index is 0.000000472. The number of thioether (sulfide) groups is 3. The fourth-order valence-corrected chi connectivity index (χ4v) is 13.4. The van der Waals surface area contributed by atoms with Crippen molar-refractivity contribution in [3.8, 4) is 0 Å². The molecule has 0 unspecified atom stereocenters. The lowest BCUT2D eigenvalue weighted by atomic mass is 10.2. The molecule has 0 radical (unpaired) electrons. The van der Waals surface area contributed by atoms with E-state index in [4.69, 9.17) is 9.47 Å². The van der Waals surface area contributed by atoms with Crippen LogP contribution in [-0.4, -0.2) is 283 Å². The van der Waals surface area contributed by atoms with Gasteiger partial charge in [0.15, 0.2) is 16.2 Å². The second-order valence-electron chi connectivity index (χ2n) is 21.9. The molecular weight excluding hydrogens is 1220 g/mol. The van der Waals surface area contributed by atoms with Gasteiger partial charge < -0.3 is 77.6 Å². The number of nitrogens with one attached hydrogen (secondary N) is 11. The summed E-state index contributed by atoms with van der Waals surface area (Å²) < 4.78 is 56.7. The van der Waals surface area contributed by atoms with E-state index >= 15 is 0 Å². The van der Waals surface area contributed by atoms with E-state index in [2.05, 4.69) is 104 Å². The van der Waals surface area contributed by atoms with E-state index in [1.54, 1.807) is 6.34 Å². The molecule has 12 fully saturated rings. The number of carbonyl (C=O) groups excluding carboxylic acids is 1. The Morgan fingerprint density at radius 1 is 0.466 bits per heavy atom. The van der Waals surface area contributed by atoms with Crippen LogP contribution in [0.15, 0.2) is 33.6 Å². The highest BCUT2D eigenvalue weighted by molar-refractivity contribution is 8.03. The van der Waals surface area contributed by atoms with Crippen LogP contribution in [0.2, 0.25) is 0 Å². The number of aliphatic imine (C=N–C) groups is 2. The predicted molar refractivity (Wildman–Crippen MR) is 380 cm³/mol. The molecule has 0 atom stereocenters. The summed E-state index contributed by atoms with van der Waals surface area (Å²) in [6, 6.07) is 0. The third-order valence-corrected chi connectivity index (χ3v) is 20.2. The number of amides is 1. The van der Waals surface area contributed by atoms with E-state index in [1.807, 2.05) is 35.3 Å². The van der Waals surface area contributed by atoms with Crippen molar-refractivity contribution in [3.63, 3.8) is 0 Å². The lowest BCUT2D eigenvalue weighted by molar-refractivity contribution is -0.119. The Hall–Kier alpha value is -1.64. The third-order valence-electron chi connectivity index (χ3n) is 13.8. The van der Waals surface area contributed by atoms with Gasteiger partial charge in [0.05, 0.1) is 55.7 Å². The van der Waals surface area contributed by atoms with Crippen molar-refractivity contribution in [2.24, 2.45) is 9.98 Å². The molecule has 0 aromatic heterocycles. The predicted octanol–water partition coefficient (Wildman–Crippen LogP) is 3.35. The average molecular weight is 1340 g/mol. The molecule has 0 aliphatic carbocycles. The summed E-state index contributed by atoms with van der Waals surface area (Å²) in [4.78, 5) is 21.4. The van der Waals surface area contributed by atoms with Crippen LogP contribution in [0.3, 0.4) is 0 Å². The van der Waals surface area contributed by atoms with E-state index in [1.165, 1.54) is 189 Å². The van der Waals surface area contributed by atoms with Crippen molar-refractivity contribution in [2.75, 3.05) is 243 Å². The average Bonchev–Trinajstić information content (AvgIpc) is 4.50. The number of nitrogens with zero attached hydrogens (tertiary/aromatic N) is 3. The Labute approximate surface area is 548 Å². The van der Waals surface area contributed by atoms with Crippen LogP contribution in [0, 0.1) is 0 Å². The van der Waals surface area contributed by atoms with E-state index in [0.29, 0.717) is 36.1 Å². The highest BCUT2D eigenvalue weighted by atomic mass is 32.2. The van der Waals surface area contributed by atoms with Crippen molar-refractivity contribution < 1.29 is 35.8 Å². The van der Waals surface area contributed by atoms with Gasteiger partial charge in [-0.05, 0) is 140 Å². The standard InChI is InChI=1S/C5H12N2.2C5H11N.C5H8S.C4H9NO2S.C4H9NO.C4H7NO.C4H9NS.C4H9N.C4H7N.C4H8O2S.C4H8O.C3H6N2.C3H5NO.C3H7NS/c1-7-4-2-6-3-5-7;2*1-2-4-6-5-3-1;1-5-3-2-4-6-5;6-8(7)3-1-5-2-4-8;1-3-6-4-2-5-1;6-4-2-1-3-5-4;1-3-6-4-2-5-1;2*1-2-4-5-3-1;5-7(6)3-1-2-4-7;1-2-4-5-3-1;3*1-2-5-3-4-1/h6H,2-5H2,1H3;2*6H,1-5H2;1-4H2;5H,1-4H2;5H,1-4H2;1-3H2,(H,5,6);5H,1-4H2;5H,1-4H2;1-2,5H,3-4H2;1-4H2;1-4H2;3H,1-2H2,(H,4,5);3H,1-2H2;4H,1-3H2. The molecule has 1 amide bonds. The summed E-state index contributed by atoms with van der Waals surface area (Å²) >= 11 is 5.90. The van der Waals surface area contributed by atoms with Crippen molar-refractivity contribution >= 4 is 73.6 Å². The molecule has 15 rings (SSSR count). The van der Waals surface area contributed by atoms with Gasteiger partial charge in [0.25, 0.3) is 0 Å². The van der Waals surface area contributed by atoms with E-state index in [0.717, 1.165) is 124 Å². The van der Waals surface area contributed by atoms with Crippen LogP contribution in [-0.2, 0) is 38.7 Å². The number of likely N-dealkylation sites (N-methyl/N-ethyl adjacent to an activating group) is 1. The summed E-state index contributed by atoms with van der Waals surface area (Å²) in [6.07, 6.45) is 27.4. The minimum Gasteiger partial charge on any atom is -0.482 e. The third kappa shape index (κ3) is 67.3. The maximum absolute atomic E-state index is 10.6. The summed E-state index contributed by atoms with van der Waals surface area (Å²) in [5, 5.41) is 34.4. The summed E-state index contributed by atoms with van der Waals surface area (Å²) in [5.41, 5.74) is 0. The first-order valence-corrected chi connectivity index (χ1v) is 40.3. The minimum absolute atomic E-state index is 0.204. The number of hydrogen-bond acceptors (Lipinski definition) is 24. The van der Waals surface area contributed by atoms with Gasteiger partial charge >= 0.3 is 0 Å². The first kappa shape index (κ1) is 84.4. The lowest BCUT2D eigenvalue weighted by Gasteiger charge is -2.21. The van der Waals surface area contributed by atoms with Gasteiger partial charge in [-0.1, -0.05) is 31.6 Å². The Kier molecular flexibility index (Phi) is 64.0. The maximum atomic E-state index is 10.6. The SMILES string of the molecule is C1=CCNC1.C1=NCCN1.C1=NCCO1.C1CCNC1.C1CCNCC1.C1CCNCC1.C1CCOC1.C1COCCN1.C1CSCCN1.C1CSCN1.C=C1CCCS1.CN1CCNCC1.O=C1CCCN1.O=S1(=O)CCCC1.O=S1(=O)CCNCC1. The molecule has 22 nitrogen and oxygen atoms in total. The number of piperazine rings is 1. The van der Waals surface area contributed by atoms with Gasteiger partial charge in [-0.25, -0.2) is 16.8 Å². The number of ether oxygens (including phenoxy) is 3. The van der Waals surface area contributed by atoms with Crippen LogP contribution >= 0.6 is 35.3 Å². The van der Waals surface area contributed by atoms with Gasteiger partial charge in [0.2, 0.25) is 5.91 Å². The largest absolute Gasteiger partial charge is 0.482 e. The second-order valence-corrected chi connectivity index (χ2v) is 30.1. The Morgan fingerprint density at radius 2 is 0.989 bits per heavy atom.